The molecule has 3 N–H and O–H groups in total. The summed E-state index contributed by atoms with van der Waals surface area (Å²) in [5.41, 5.74) is -0.533. The van der Waals surface area contributed by atoms with Crippen molar-refractivity contribution in [3.8, 4) is 11.5 Å². The number of fused-ring (bicyclic) bond motifs is 1. The van der Waals surface area contributed by atoms with E-state index in [9.17, 15) is 26.7 Å². The number of halogens is 5. The van der Waals surface area contributed by atoms with Crippen LogP contribution in [-0.4, -0.2) is 27.6 Å². The monoisotopic (exact) mass is 491 g/mol. The Balaban J connectivity index is 1.40. The summed E-state index contributed by atoms with van der Waals surface area (Å²) in [5.74, 6) is 0.999. The average molecular weight is 491 g/mol. The molecule has 12 heteroatoms. The lowest BCUT2D eigenvalue weighted by Gasteiger charge is -2.15. The molecule has 0 aliphatic heterocycles. The number of aromatic nitrogens is 3. The van der Waals surface area contributed by atoms with Gasteiger partial charge in [0.25, 0.3) is 0 Å². The van der Waals surface area contributed by atoms with Gasteiger partial charge in [-0.3, -0.25) is 5.10 Å². The van der Waals surface area contributed by atoms with Gasteiger partial charge in [0.2, 0.25) is 6.43 Å². The SMILES string of the molecule is O=C(Nc1ccc(Oc2ccnc3[nH]ncc23)cc1)Nc1ccc(CCC(F)F)c(C(F)(F)F)c1. The van der Waals surface area contributed by atoms with Gasteiger partial charge >= 0.3 is 12.2 Å². The largest absolute Gasteiger partial charge is 0.456 e. The highest BCUT2D eigenvalue weighted by Crippen LogP contribution is 2.35. The predicted octanol–water partition coefficient (Wildman–Crippen LogP) is 6.61. The Morgan fingerprint density at radius 3 is 2.46 bits per heavy atom. The molecule has 0 saturated heterocycles. The molecule has 0 bridgehead atoms. The van der Waals surface area contributed by atoms with Crippen LogP contribution in [0.15, 0.2) is 60.9 Å². The number of aromatic amines is 1. The van der Waals surface area contributed by atoms with Gasteiger partial charge in [-0.05, 0) is 54.4 Å². The summed E-state index contributed by atoms with van der Waals surface area (Å²) < 4.78 is 70.8. The highest BCUT2D eigenvalue weighted by atomic mass is 19.4. The first-order chi connectivity index (χ1) is 16.7. The molecule has 35 heavy (non-hydrogen) atoms. The Hall–Kier alpha value is -4.22. The van der Waals surface area contributed by atoms with Gasteiger partial charge in [0.1, 0.15) is 11.5 Å². The molecule has 7 nitrogen and oxygen atoms in total. The minimum absolute atomic E-state index is 0.127. The third-order valence-electron chi connectivity index (χ3n) is 4.96. The maximum absolute atomic E-state index is 13.4. The predicted molar refractivity (Wildman–Crippen MR) is 119 cm³/mol. The van der Waals surface area contributed by atoms with Crippen LogP contribution in [-0.2, 0) is 12.6 Å². The molecule has 2 heterocycles. The molecule has 182 valence electrons. The molecule has 0 aliphatic carbocycles. The topological polar surface area (TPSA) is 91.9 Å². The number of benzene rings is 2. The molecular weight excluding hydrogens is 473 g/mol. The average Bonchev–Trinajstić information content (AvgIpc) is 3.29. The van der Waals surface area contributed by atoms with E-state index in [0.29, 0.717) is 28.2 Å². The standard InChI is InChI=1S/C23H18F5N5O2/c24-20(25)8-2-13-1-3-15(11-18(13)23(26,27)28)32-22(34)31-14-4-6-16(7-5-14)35-19-9-10-29-21-17(19)12-30-33-21/h1,3-7,9-12,20H,2,8H2,(H,29,30,33)(H2,31,32,34). The van der Waals surface area contributed by atoms with Gasteiger partial charge in [-0.1, -0.05) is 6.07 Å². The maximum atomic E-state index is 13.4. The molecule has 0 saturated carbocycles. The molecule has 0 atom stereocenters. The Morgan fingerprint density at radius 2 is 1.74 bits per heavy atom. The van der Waals surface area contributed by atoms with Crippen molar-refractivity contribution < 1.29 is 31.5 Å². The number of amides is 2. The third-order valence-corrected chi connectivity index (χ3v) is 4.96. The molecule has 0 spiro atoms. The summed E-state index contributed by atoms with van der Waals surface area (Å²) in [6.07, 6.45) is -5.45. The summed E-state index contributed by atoms with van der Waals surface area (Å²) in [6.45, 7) is 0. The van der Waals surface area contributed by atoms with E-state index in [4.69, 9.17) is 4.74 Å². The first-order valence-corrected chi connectivity index (χ1v) is 10.3. The summed E-state index contributed by atoms with van der Waals surface area (Å²) in [4.78, 5) is 16.4. The van der Waals surface area contributed by atoms with E-state index in [1.54, 1.807) is 42.7 Å². The number of H-pyrrole nitrogens is 1. The fraction of sp³-hybridized carbons (Fsp3) is 0.174. The van der Waals surface area contributed by atoms with Crippen LogP contribution in [0.5, 0.6) is 11.5 Å². The number of nitrogens with one attached hydrogen (secondary N) is 3. The Kier molecular flexibility index (Phi) is 6.80. The normalized spacial score (nSPS) is 11.6. The van der Waals surface area contributed by atoms with Crippen LogP contribution in [0.3, 0.4) is 0 Å². The van der Waals surface area contributed by atoms with E-state index in [1.807, 2.05) is 0 Å². The molecule has 0 unspecified atom stereocenters. The van der Waals surface area contributed by atoms with E-state index in [0.717, 1.165) is 12.1 Å². The molecule has 4 aromatic rings. The van der Waals surface area contributed by atoms with Crippen molar-refractivity contribution in [2.45, 2.75) is 25.4 Å². The van der Waals surface area contributed by atoms with Crippen LogP contribution < -0.4 is 15.4 Å². The van der Waals surface area contributed by atoms with Crippen molar-refractivity contribution in [2.75, 3.05) is 10.6 Å². The van der Waals surface area contributed by atoms with Crippen LogP contribution >= 0.6 is 0 Å². The van der Waals surface area contributed by atoms with E-state index in [-0.39, 0.29) is 11.3 Å². The number of ether oxygens (including phenoxy) is 1. The lowest BCUT2D eigenvalue weighted by atomic mass is 10.0. The van der Waals surface area contributed by atoms with E-state index >= 15 is 0 Å². The van der Waals surface area contributed by atoms with E-state index < -0.39 is 37.0 Å². The molecule has 0 radical (unpaired) electrons. The number of nitrogens with zero attached hydrogens (tertiary/aromatic N) is 2. The molecule has 4 rings (SSSR count). The lowest BCUT2D eigenvalue weighted by Crippen LogP contribution is -2.20. The van der Waals surface area contributed by atoms with Crippen molar-refractivity contribution >= 4 is 28.4 Å². The molecule has 2 amide bonds. The maximum Gasteiger partial charge on any atom is 0.416 e. The van der Waals surface area contributed by atoms with Crippen LogP contribution in [0.4, 0.5) is 38.1 Å². The second-order valence-corrected chi connectivity index (χ2v) is 7.45. The van der Waals surface area contributed by atoms with Crippen molar-refractivity contribution in [1.82, 2.24) is 15.2 Å². The van der Waals surface area contributed by atoms with Crippen LogP contribution in [0.1, 0.15) is 17.5 Å². The van der Waals surface area contributed by atoms with Gasteiger partial charge in [-0.25, -0.2) is 18.6 Å². The summed E-state index contributed by atoms with van der Waals surface area (Å²) in [6, 6.07) is 10.2. The quantitative estimate of drug-likeness (QED) is 0.254. The summed E-state index contributed by atoms with van der Waals surface area (Å²) in [5, 5.41) is 12.2. The van der Waals surface area contributed by atoms with Gasteiger partial charge in [-0.15, -0.1) is 0 Å². The van der Waals surface area contributed by atoms with Crippen molar-refractivity contribution in [3.63, 3.8) is 0 Å². The summed E-state index contributed by atoms with van der Waals surface area (Å²) in [7, 11) is 0. The number of hydrogen-bond acceptors (Lipinski definition) is 4. The Morgan fingerprint density at radius 1 is 1.03 bits per heavy atom. The number of alkyl halides is 5. The van der Waals surface area contributed by atoms with Gasteiger partial charge in [0.05, 0.1) is 17.1 Å². The van der Waals surface area contributed by atoms with Crippen LogP contribution in [0.25, 0.3) is 11.0 Å². The molecule has 2 aromatic carbocycles. The molecule has 2 aromatic heterocycles. The zero-order valence-electron chi connectivity index (χ0n) is 17.9. The first-order valence-electron chi connectivity index (χ1n) is 10.3. The number of hydrogen-bond donors (Lipinski definition) is 3. The van der Waals surface area contributed by atoms with Crippen LogP contribution in [0, 0.1) is 0 Å². The fourth-order valence-electron chi connectivity index (χ4n) is 3.34. The number of anilines is 2. The minimum Gasteiger partial charge on any atom is -0.456 e. The smallest absolute Gasteiger partial charge is 0.416 e. The van der Waals surface area contributed by atoms with Gasteiger partial charge in [-0.2, -0.15) is 18.3 Å². The zero-order valence-corrected chi connectivity index (χ0v) is 17.9. The van der Waals surface area contributed by atoms with Crippen molar-refractivity contribution in [3.05, 3.63) is 72.1 Å². The Labute approximate surface area is 195 Å². The molecule has 0 fully saturated rings. The number of rotatable bonds is 7. The number of urea groups is 1. The van der Waals surface area contributed by atoms with Crippen LogP contribution in [0.2, 0.25) is 0 Å². The first kappa shape index (κ1) is 23.9. The number of carbonyl (C=O) groups is 1. The van der Waals surface area contributed by atoms with E-state index in [1.165, 1.54) is 6.07 Å². The van der Waals surface area contributed by atoms with Gasteiger partial charge < -0.3 is 15.4 Å². The number of carbonyl (C=O) groups excluding carboxylic acids is 1. The third kappa shape index (κ3) is 6.02. The highest BCUT2D eigenvalue weighted by Gasteiger charge is 2.33. The van der Waals surface area contributed by atoms with Crippen molar-refractivity contribution in [2.24, 2.45) is 0 Å². The number of aryl methyl sites for hydroxylation is 1. The lowest BCUT2D eigenvalue weighted by molar-refractivity contribution is -0.138. The molecular formula is C23H18F5N5O2. The summed E-state index contributed by atoms with van der Waals surface area (Å²) >= 11 is 0. The van der Waals surface area contributed by atoms with Crippen molar-refractivity contribution in [1.29, 1.82) is 0 Å². The number of pyridine rings is 1. The highest BCUT2D eigenvalue weighted by molar-refractivity contribution is 5.99. The van der Waals surface area contributed by atoms with Gasteiger partial charge in [0.15, 0.2) is 5.65 Å². The Bertz CT molecular complexity index is 1320. The molecule has 0 aliphatic rings. The minimum atomic E-state index is -4.75. The fourth-order valence-corrected chi connectivity index (χ4v) is 3.34. The second kappa shape index (κ2) is 9.95. The van der Waals surface area contributed by atoms with E-state index in [2.05, 4.69) is 25.8 Å². The zero-order chi connectivity index (χ0) is 25.0. The van der Waals surface area contributed by atoms with Gasteiger partial charge in [0, 0.05) is 24.0 Å². The second-order valence-electron chi connectivity index (χ2n) is 7.45.